The van der Waals surface area contributed by atoms with Gasteiger partial charge in [0.15, 0.2) is 0 Å². The van der Waals surface area contributed by atoms with E-state index in [9.17, 15) is 0 Å². The van der Waals surface area contributed by atoms with Gasteiger partial charge in [0.25, 0.3) is 0 Å². The summed E-state index contributed by atoms with van der Waals surface area (Å²) in [7, 11) is 0. The highest BCUT2D eigenvalue weighted by atomic mass is 15.2. The van der Waals surface area contributed by atoms with E-state index in [-0.39, 0.29) is 0 Å². The molecule has 2 nitrogen and oxygen atoms in total. The average Bonchev–Trinajstić information content (AvgIpc) is 1.85. The maximum Gasteiger partial charge on any atom is 0.0547 e. The van der Waals surface area contributed by atoms with Crippen LogP contribution < -0.4 is 10.6 Å². The maximum atomic E-state index is 3.36. The van der Waals surface area contributed by atoms with Gasteiger partial charge in [-0.3, -0.25) is 10.6 Å². The summed E-state index contributed by atoms with van der Waals surface area (Å²) in [6, 6.07) is 1.26. The summed E-state index contributed by atoms with van der Waals surface area (Å²) in [5.74, 6) is 0. The molecule has 0 aromatic heterocycles. The molecule has 1 saturated heterocycles. The molecule has 2 heteroatoms. The minimum absolute atomic E-state index is 0.500. The van der Waals surface area contributed by atoms with Gasteiger partial charge in [0.2, 0.25) is 0 Å². The van der Waals surface area contributed by atoms with Crippen molar-refractivity contribution in [1.82, 2.24) is 10.6 Å². The molecule has 48 valence electrons. The van der Waals surface area contributed by atoms with Gasteiger partial charge < -0.3 is 0 Å². The first-order chi connectivity index (χ1) is 3.70. The summed E-state index contributed by atoms with van der Waals surface area (Å²) in [5, 5.41) is 6.71. The lowest BCUT2D eigenvalue weighted by Gasteiger charge is -2.05. The summed E-state index contributed by atoms with van der Waals surface area (Å²) in [4.78, 5) is 0. The first kappa shape index (κ1) is 6.05. The summed E-state index contributed by atoms with van der Waals surface area (Å²) < 4.78 is 0. The van der Waals surface area contributed by atoms with E-state index in [1.807, 2.05) is 0 Å². The second kappa shape index (κ2) is 2.03. The molecule has 0 bridgehead atoms. The molecule has 3 atom stereocenters. The molecule has 0 spiro atoms. The van der Waals surface area contributed by atoms with Crippen molar-refractivity contribution in [2.45, 2.75) is 39.0 Å². The quantitative estimate of drug-likeness (QED) is 0.473. The van der Waals surface area contributed by atoms with E-state index in [0.717, 1.165) is 0 Å². The SMILES string of the molecule is C[C@H]1N[C@@H](C)[C@@H](C)N1. The van der Waals surface area contributed by atoms with E-state index >= 15 is 0 Å². The van der Waals surface area contributed by atoms with Crippen LogP contribution in [0.1, 0.15) is 20.8 Å². The molecule has 0 aromatic rings. The lowest BCUT2D eigenvalue weighted by molar-refractivity contribution is 0.575. The van der Waals surface area contributed by atoms with Crippen molar-refractivity contribution in [3.63, 3.8) is 0 Å². The van der Waals surface area contributed by atoms with Crippen molar-refractivity contribution in [2.24, 2.45) is 0 Å². The average molecular weight is 114 g/mol. The monoisotopic (exact) mass is 114 g/mol. The van der Waals surface area contributed by atoms with Gasteiger partial charge in [0.1, 0.15) is 0 Å². The highest BCUT2D eigenvalue weighted by molar-refractivity contribution is 4.84. The largest absolute Gasteiger partial charge is 0.298 e. The maximum absolute atomic E-state index is 3.36. The van der Waals surface area contributed by atoms with Crippen LogP contribution >= 0.6 is 0 Å². The van der Waals surface area contributed by atoms with Crippen molar-refractivity contribution in [1.29, 1.82) is 0 Å². The summed E-state index contributed by atoms with van der Waals surface area (Å²) in [5.41, 5.74) is 0. The Morgan fingerprint density at radius 2 is 1.25 bits per heavy atom. The van der Waals surface area contributed by atoms with Gasteiger partial charge in [-0.2, -0.15) is 0 Å². The Labute approximate surface area is 50.7 Å². The molecule has 0 unspecified atom stereocenters. The van der Waals surface area contributed by atoms with Gasteiger partial charge in [0.05, 0.1) is 6.17 Å². The molecule has 1 heterocycles. The summed E-state index contributed by atoms with van der Waals surface area (Å²) in [6.07, 6.45) is 0.500. The van der Waals surface area contributed by atoms with Crippen LogP contribution in [0.5, 0.6) is 0 Å². The van der Waals surface area contributed by atoms with Gasteiger partial charge in [-0.1, -0.05) is 0 Å². The molecule has 0 radical (unpaired) electrons. The van der Waals surface area contributed by atoms with Crippen LogP contribution in [0.3, 0.4) is 0 Å². The fourth-order valence-electron chi connectivity index (χ4n) is 1.13. The molecule has 0 amide bonds. The third-order valence-corrected chi connectivity index (χ3v) is 1.78. The van der Waals surface area contributed by atoms with E-state index in [0.29, 0.717) is 18.2 Å². The molecule has 1 rings (SSSR count). The second-order valence-electron chi connectivity index (χ2n) is 2.63. The minimum atomic E-state index is 0.500. The van der Waals surface area contributed by atoms with Crippen molar-refractivity contribution in [2.75, 3.05) is 0 Å². The van der Waals surface area contributed by atoms with E-state index in [1.54, 1.807) is 0 Å². The number of hydrogen-bond acceptors (Lipinski definition) is 2. The van der Waals surface area contributed by atoms with Crippen LogP contribution in [0.4, 0.5) is 0 Å². The smallest absolute Gasteiger partial charge is 0.0547 e. The second-order valence-corrected chi connectivity index (χ2v) is 2.63. The number of nitrogens with one attached hydrogen (secondary N) is 2. The van der Waals surface area contributed by atoms with E-state index in [4.69, 9.17) is 0 Å². The zero-order valence-corrected chi connectivity index (χ0v) is 5.73. The van der Waals surface area contributed by atoms with Gasteiger partial charge in [-0.15, -0.1) is 0 Å². The number of rotatable bonds is 0. The van der Waals surface area contributed by atoms with E-state index < -0.39 is 0 Å². The standard InChI is InChI=1S/C6H14N2/c1-4-5(2)8-6(3)7-4/h4-8H,1-3H3/t4-,5+,6-. The minimum Gasteiger partial charge on any atom is -0.298 e. The summed E-state index contributed by atoms with van der Waals surface area (Å²) in [6.45, 7) is 6.53. The van der Waals surface area contributed by atoms with E-state index in [1.165, 1.54) is 0 Å². The third kappa shape index (κ3) is 1.01. The molecule has 0 aromatic carbocycles. The Morgan fingerprint density at radius 3 is 1.38 bits per heavy atom. The Balaban J connectivity index is 2.39. The molecule has 8 heavy (non-hydrogen) atoms. The van der Waals surface area contributed by atoms with Crippen LogP contribution in [-0.2, 0) is 0 Å². The number of hydrogen-bond donors (Lipinski definition) is 2. The van der Waals surface area contributed by atoms with Crippen molar-refractivity contribution < 1.29 is 0 Å². The normalized spacial score (nSPS) is 47.6. The molecule has 0 saturated carbocycles. The van der Waals surface area contributed by atoms with Crippen LogP contribution in [0.15, 0.2) is 0 Å². The van der Waals surface area contributed by atoms with Gasteiger partial charge in [0, 0.05) is 12.1 Å². The first-order valence-electron chi connectivity index (χ1n) is 3.22. The van der Waals surface area contributed by atoms with Crippen LogP contribution in [0, 0.1) is 0 Å². The molecular formula is C6H14N2. The lowest BCUT2D eigenvalue weighted by Crippen LogP contribution is -2.28. The third-order valence-electron chi connectivity index (χ3n) is 1.78. The van der Waals surface area contributed by atoms with E-state index in [2.05, 4.69) is 31.4 Å². The Kier molecular flexibility index (Phi) is 1.54. The van der Waals surface area contributed by atoms with Crippen molar-refractivity contribution in [3.05, 3.63) is 0 Å². The molecule has 1 aliphatic heterocycles. The zero-order chi connectivity index (χ0) is 6.15. The van der Waals surface area contributed by atoms with Crippen molar-refractivity contribution >= 4 is 0 Å². The zero-order valence-electron chi connectivity index (χ0n) is 5.73. The predicted octanol–water partition coefficient (Wildman–Crippen LogP) is 0.302. The van der Waals surface area contributed by atoms with Crippen LogP contribution in [0.2, 0.25) is 0 Å². The van der Waals surface area contributed by atoms with Crippen LogP contribution in [-0.4, -0.2) is 18.2 Å². The van der Waals surface area contributed by atoms with Gasteiger partial charge >= 0.3 is 0 Å². The molecule has 0 aliphatic carbocycles. The summed E-state index contributed by atoms with van der Waals surface area (Å²) >= 11 is 0. The predicted molar refractivity (Wildman–Crippen MR) is 34.7 cm³/mol. The Bertz CT molecular complexity index is 72.6. The lowest BCUT2D eigenvalue weighted by atomic mass is 10.2. The van der Waals surface area contributed by atoms with Gasteiger partial charge in [-0.05, 0) is 20.8 Å². The van der Waals surface area contributed by atoms with Gasteiger partial charge in [-0.25, -0.2) is 0 Å². The first-order valence-corrected chi connectivity index (χ1v) is 3.22. The van der Waals surface area contributed by atoms with Crippen molar-refractivity contribution in [3.8, 4) is 0 Å². The Morgan fingerprint density at radius 1 is 0.875 bits per heavy atom. The fourth-order valence-corrected chi connectivity index (χ4v) is 1.13. The fraction of sp³-hybridized carbons (Fsp3) is 1.00. The highest BCUT2D eigenvalue weighted by Gasteiger charge is 2.21. The highest BCUT2D eigenvalue weighted by Crippen LogP contribution is 2.00. The van der Waals surface area contributed by atoms with Crippen LogP contribution in [0.25, 0.3) is 0 Å². The molecule has 1 fully saturated rings. The molecule has 2 N–H and O–H groups in total. The Hall–Kier alpha value is -0.0800. The topological polar surface area (TPSA) is 24.1 Å². The molecular weight excluding hydrogens is 100 g/mol. The molecule has 1 aliphatic rings.